The lowest BCUT2D eigenvalue weighted by atomic mass is 10.1. The number of carbonyl (C=O) groups is 1. The van der Waals surface area contributed by atoms with E-state index in [1.54, 1.807) is 0 Å². The van der Waals surface area contributed by atoms with Crippen LogP contribution in [0.15, 0.2) is 48.7 Å². The van der Waals surface area contributed by atoms with Crippen LogP contribution in [0.1, 0.15) is 38.3 Å². The lowest BCUT2D eigenvalue weighted by Crippen LogP contribution is -2.45. The third-order valence-electron chi connectivity index (χ3n) is 5.09. The average molecular weight is 397 g/mol. The van der Waals surface area contributed by atoms with Crippen molar-refractivity contribution >= 4 is 11.8 Å². The van der Waals surface area contributed by atoms with E-state index < -0.39 is 0 Å². The van der Waals surface area contributed by atoms with Crippen molar-refractivity contribution in [1.29, 1.82) is 0 Å². The van der Waals surface area contributed by atoms with Crippen LogP contribution in [0.25, 0.3) is 0 Å². The van der Waals surface area contributed by atoms with Gasteiger partial charge in [-0.05, 0) is 50.8 Å². The van der Waals surface area contributed by atoms with Gasteiger partial charge in [0.1, 0.15) is 5.82 Å². The highest BCUT2D eigenvalue weighted by Crippen LogP contribution is 2.18. The van der Waals surface area contributed by atoms with Gasteiger partial charge >= 0.3 is 6.03 Å². The second-order valence-corrected chi connectivity index (χ2v) is 7.94. The van der Waals surface area contributed by atoms with Crippen molar-refractivity contribution in [1.82, 2.24) is 15.6 Å². The molecular weight excluding hydrogens is 364 g/mol. The van der Waals surface area contributed by atoms with Crippen LogP contribution in [0, 0.1) is 0 Å². The quantitative estimate of drug-likeness (QED) is 0.752. The van der Waals surface area contributed by atoms with E-state index in [1.807, 2.05) is 43.5 Å². The number of pyridine rings is 1. The number of aryl methyl sites for hydroxylation is 1. The van der Waals surface area contributed by atoms with Crippen LogP contribution in [0.3, 0.4) is 0 Å². The van der Waals surface area contributed by atoms with Crippen LogP contribution < -0.4 is 15.5 Å². The zero-order chi connectivity index (χ0) is 20.6. The molecule has 2 N–H and O–H groups in total. The highest BCUT2D eigenvalue weighted by atomic mass is 16.5. The first-order valence-electron chi connectivity index (χ1n) is 10.4. The minimum Gasteiger partial charge on any atom is -0.372 e. The van der Waals surface area contributed by atoms with Gasteiger partial charge in [0, 0.05) is 31.9 Å². The number of hydrogen-bond donors (Lipinski definition) is 2. The minimum atomic E-state index is -0.148. The van der Waals surface area contributed by atoms with E-state index in [0.29, 0.717) is 6.54 Å². The molecule has 29 heavy (non-hydrogen) atoms. The highest BCUT2D eigenvalue weighted by molar-refractivity contribution is 5.74. The van der Waals surface area contributed by atoms with Gasteiger partial charge < -0.3 is 20.3 Å². The summed E-state index contributed by atoms with van der Waals surface area (Å²) in [5, 5.41) is 5.92. The van der Waals surface area contributed by atoms with Crippen LogP contribution in [-0.2, 0) is 17.7 Å². The summed E-state index contributed by atoms with van der Waals surface area (Å²) in [6.07, 6.45) is 4.10. The number of benzene rings is 1. The van der Waals surface area contributed by atoms with Crippen molar-refractivity contribution in [2.24, 2.45) is 0 Å². The van der Waals surface area contributed by atoms with E-state index in [2.05, 4.69) is 46.5 Å². The molecule has 0 radical (unpaired) electrons. The molecule has 2 amide bonds. The van der Waals surface area contributed by atoms with Gasteiger partial charge in [0.2, 0.25) is 0 Å². The SMILES string of the molecule is CC(CCc1ccccc1)NC(=O)NCc1ccc(N2CC(C)OC(C)C2)nc1. The number of ether oxygens (including phenoxy) is 1. The Balaban J connectivity index is 1.40. The van der Waals surface area contributed by atoms with Crippen LogP contribution >= 0.6 is 0 Å². The summed E-state index contributed by atoms with van der Waals surface area (Å²) in [7, 11) is 0. The number of anilines is 1. The molecule has 6 heteroatoms. The molecule has 0 spiro atoms. The average Bonchev–Trinajstić information content (AvgIpc) is 2.71. The fraction of sp³-hybridized carbons (Fsp3) is 0.478. The normalized spacial score (nSPS) is 20.2. The zero-order valence-electron chi connectivity index (χ0n) is 17.6. The number of morpholine rings is 1. The number of nitrogens with one attached hydrogen (secondary N) is 2. The van der Waals surface area contributed by atoms with Crippen molar-refractivity contribution < 1.29 is 9.53 Å². The fourth-order valence-corrected chi connectivity index (χ4v) is 3.63. The van der Waals surface area contributed by atoms with Crippen molar-refractivity contribution in [3.63, 3.8) is 0 Å². The Labute approximate surface area is 173 Å². The monoisotopic (exact) mass is 396 g/mol. The molecule has 1 aromatic carbocycles. The Kier molecular flexibility index (Phi) is 7.47. The molecule has 1 aliphatic heterocycles. The second-order valence-electron chi connectivity index (χ2n) is 7.94. The zero-order valence-corrected chi connectivity index (χ0v) is 17.6. The number of nitrogens with zero attached hydrogens (tertiary/aromatic N) is 2. The number of amides is 2. The standard InChI is InChI=1S/C23H32N4O2/c1-17(9-10-20-7-5-4-6-8-20)26-23(28)25-14-21-11-12-22(24-13-21)27-15-18(2)29-19(3)16-27/h4-8,11-13,17-19H,9-10,14-16H2,1-3H3,(H2,25,26,28). The number of carbonyl (C=O) groups excluding carboxylic acids is 1. The molecule has 1 saturated heterocycles. The van der Waals surface area contributed by atoms with Gasteiger partial charge in [0.25, 0.3) is 0 Å². The summed E-state index contributed by atoms with van der Waals surface area (Å²) in [6.45, 7) is 8.35. The summed E-state index contributed by atoms with van der Waals surface area (Å²) in [6, 6.07) is 14.3. The molecule has 3 rings (SSSR count). The van der Waals surface area contributed by atoms with E-state index in [4.69, 9.17) is 4.74 Å². The Morgan fingerprint density at radius 3 is 2.52 bits per heavy atom. The third kappa shape index (κ3) is 6.75. The number of rotatable bonds is 7. The van der Waals surface area contributed by atoms with Crippen molar-refractivity contribution in [2.75, 3.05) is 18.0 Å². The Morgan fingerprint density at radius 2 is 1.86 bits per heavy atom. The Hall–Kier alpha value is -2.60. The molecule has 0 bridgehead atoms. The predicted molar refractivity (Wildman–Crippen MR) is 116 cm³/mol. The van der Waals surface area contributed by atoms with Gasteiger partial charge in [-0.2, -0.15) is 0 Å². The van der Waals surface area contributed by atoms with Crippen molar-refractivity contribution in [3.05, 3.63) is 59.8 Å². The van der Waals surface area contributed by atoms with E-state index in [-0.39, 0.29) is 24.3 Å². The maximum Gasteiger partial charge on any atom is 0.315 e. The predicted octanol–water partition coefficient (Wildman–Crippen LogP) is 3.52. The first kappa shape index (κ1) is 21.1. The molecule has 156 valence electrons. The van der Waals surface area contributed by atoms with Crippen molar-refractivity contribution in [2.45, 2.75) is 58.4 Å². The number of hydrogen-bond acceptors (Lipinski definition) is 4. The maximum absolute atomic E-state index is 12.2. The van der Waals surface area contributed by atoms with Crippen LogP contribution in [0.5, 0.6) is 0 Å². The summed E-state index contributed by atoms with van der Waals surface area (Å²) in [5.41, 5.74) is 2.27. The summed E-state index contributed by atoms with van der Waals surface area (Å²) >= 11 is 0. The van der Waals surface area contributed by atoms with Gasteiger partial charge in [0.15, 0.2) is 0 Å². The molecule has 2 heterocycles. The molecule has 0 aliphatic carbocycles. The molecule has 0 saturated carbocycles. The first-order chi connectivity index (χ1) is 14.0. The smallest absolute Gasteiger partial charge is 0.315 e. The molecule has 3 atom stereocenters. The largest absolute Gasteiger partial charge is 0.372 e. The van der Waals surface area contributed by atoms with Crippen molar-refractivity contribution in [3.8, 4) is 0 Å². The van der Waals surface area contributed by atoms with Crippen LogP contribution in [-0.4, -0.2) is 42.4 Å². The van der Waals surface area contributed by atoms with E-state index in [0.717, 1.165) is 37.3 Å². The number of urea groups is 1. The highest BCUT2D eigenvalue weighted by Gasteiger charge is 2.22. The first-order valence-corrected chi connectivity index (χ1v) is 10.4. The van der Waals surface area contributed by atoms with Gasteiger partial charge in [0.05, 0.1) is 12.2 Å². The van der Waals surface area contributed by atoms with Crippen LogP contribution in [0.4, 0.5) is 10.6 Å². The molecule has 2 aromatic rings. The third-order valence-corrected chi connectivity index (χ3v) is 5.09. The Morgan fingerprint density at radius 1 is 1.14 bits per heavy atom. The Bertz CT molecular complexity index is 756. The fourth-order valence-electron chi connectivity index (χ4n) is 3.63. The van der Waals surface area contributed by atoms with Gasteiger partial charge in [-0.1, -0.05) is 36.4 Å². The molecule has 1 aliphatic rings. The van der Waals surface area contributed by atoms with E-state index in [9.17, 15) is 4.79 Å². The molecule has 6 nitrogen and oxygen atoms in total. The van der Waals surface area contributed by atoms with Gasteiger partial charge in [-0.25, -0.2) is 9.78 Å². The van der Waals surface area contributed by atoms with E-state index >= 15 is 0 Å². The molecular formula is C23H32N4O2. The molecule has 1 aromatic heterocycles. The maximum atomic E-state index is 12.2. The molecule has 3 unspecified atom stereocenters. The van der Waals surface area contributed by atoms with E-state index in [1.165, 1.54) is 5.56 Å². The molecule has 1 fully saturated rings. The summed E-state index contributed by atoms with van der Waals surface area (Å²) < 4.78 is 5.78. The van der Waals surface area contributed by atoms with Gasteiger partial charge in [-0.3, -0.25) is 0 Å². The lowest BCUT2D eigenvalue weighted by molar-refractivity contribution is -0.00546. The second kappa shape index (κ2) is 10.3. The topological polar surface area (TPSA) is 66.5 Å². The number of aromatic nitrogens is 1. The lowest BCUT2D eigenvalue weighted by Gasteiger charge is -2.36. The minimum absolute atomic E-state index is 0.112. The summed E-state index contributed by atoms with van der Waals surface area (Å²) in [4.78, 5) is 19.0. The van der Waals surface area contributed by atoms with Crippen LogP contribution in [0.2, 0.25) is 0 Å². The summed E-state index contributed by atoms with van der Waals surface area (Å²) in [5.74, 6) is 0.953. The van der Waals surface area contributed by atoms with Gasteiger partial charge in [-0.15, -0.1) is 0 Å².